The molecule has 0 saturated carbocycles. The number of para-hydroxylation sites is 2. The first-order chi connectivity index (χ1) is 8.72. The van der Waals surface area contributed by atoms with Crippen LogP contribution in [0.4, 0.5) is 0 Å². The number of carboxylic acids is 1. The van der Waals surface area contributed by atoms with Gasteiger partial charge in [-0.2, -0.15) is 0 Å². The zero-order valence-electron chi connectivity index (χ0n) is 10.1. The molecule has 1 heterocycles. The van der Waals surface area contributed by atoms with Crippen molar-refractivity contribution in [1.82, 2.24) is 4.57 Å². The molecule has 2 rings (SSSR count). The highest BCUT2D eigenvalue weighted by atomic mass is 16.5. The fourth-order valence-electron chi connectivity index (χ4n) is 1.73. The molecule has 1 aromatic carbocycles. The molecule has 4 nitrogen and oxygen atoms in total. The first kappa shape index (κ1) is 12.2. The van der Waals surface area contributed by atoms with Crippen molar-refractivity contribution < 1.29 is 14.6 Å². The minimum absolute atomic E-state index is 0.426. The molecule has 0 spiro atoms. The minimum atomic E-state index is -0.945. The topological polar surface area (TPSA) is 51.5 Å². The highest BCUT2D eigenvalue weighted by Gasteiger charge is 2.18. The maximum atomic E-state index is 11.0. The Morgan fingerprint density at radius 1 is 1.28 bits per heavy atom. The van der Waals surface area contributed by atoms with Crippen LogP contribution in [-0.2, 0) is 4.79 Å². The number of carboxylic acid groups (broad SMARTS) is 1. The molecule has 0 bridgehead atoms. The van der Waals surface area contributed by atoms with E-state index in [4.69, 9.17) is 9.84 Å². The lowest BCUT2D eigenvalue weighted by atomic mass is 10.2. The zero-order valence-corrected chi connectivity index (χ0v) is 10.1. The van der Waals surface area contributed by atoms with Crippen LogP contribution in [0.2, 0.25) is 0 Å². The van der Waals surface area contributed by atoms with E-state index in [2.05, 4.69) is 0 Å². The molecule has 0 aliphatic carbocycles. The predicted molar refractivity (Wildman–Crippen MR) is 68.1 cm³/mol. The Labute approximate surface area is 105 Å². The van der Waals surface area contributed by atoms with Gasteiger partial charge in [0, 0.05) is 12.4 Å². The van der Waals surface area contributed by atoms with Gasteiger partial charge in [0.25, 0.3) is 0 Å². The maximum Gasteiger partial charge on any atom is 0.344 e. The van der Waals surface area contributed by atoms with Crippen LogP contribution in [0.5, 0.6) is 5.75 Å². The van der Waals surface area contributed by atoms with E-state index in [9.17, 15) is 4.79 Å². The summed E-state index contributed by atoms with van der Waals surface area (Å²) >= 11 is 0. The van der Waals surface area contributed by atoms with Crippen molar-refractivity contribution in [3.05, 3.63) is 48.8 Å². The second kappa shape index (κ2) is 5.40. The van der Waals surface area contributed by atoms with E-state index in [0.717, 1.165) is 5.69 Å². The van der Waals surface area contributed by atoms with Crippen LogP contribution in [0.15, 0.2) is 48.8 Å². The molecule has 0 aliphatic rings. The largest absolute Gasteiger partial charge is 0.479 e. The molecule has 0 aliphatic heterocycles. The van der Waals surface area contributed by atoms with Gasteiger partial charge in [-0.3, -0.25) is 0 Å². The van der Waals surface area contributed by atoms with E-state index in [1.165, 1.54) is 0 Å². The third-order valence-corrected chi connectivity index (χ3v) is 2.66. The van der Waals surface area contributed by atoms with Crippen LogP contribution >= 0.6 is 0 Å². The summed E-state index contributed by atoms with van der Waals surface area (Å²) in [6.45, 7) is 1.79. The molecule has 1 N–H and O–H groups in total. The lowest BCUT2D eigenvalue weighted by Crippen LogP contribution is -2.26. The summed E-state index contributed by atoms with van der Waals surface area (Å²) in [5.74, 6) is -0.372. The van der Waals surface area contributed by atoms with Crippen molar-refractivity contribution in [2.45, 2.75) is 19.4 Å². The van der Waals surface area contributed by atoms with Crippen molar-refractivity contribution in [2.75, 3.05) is 0 Å². The first-order valence-electron chi connectivity index (χ1n) is 5.84. The summed E-state index contributed by atoms with van der Waals surface area (Å²) in [4.78, 5) is 11.0. The fourth-order valence-corrected chi connectivity index (χ4v) is 1.73. The van der Waals surface area contributed by atoms with Gasteiger partial charge >= 0.3 is 5.97 Å². The Kier molecular flexibility index (Phi) is 3.67. The summed E-state index contributed by atoms with van der Waals surface area (Å²) < 4.78 is 7.45. The molecule has 94 valence electrons. The Morgan fingerprint density at radius 3 is 2.56 bits per heavy atom. The lowest BCUT2D eigenvalue weighted by molar-refractivity contribution is -0.145. The molecule has 18 heavy (non-hydrogen) atoms. The summed E-state index contributed by atoms with van der Waals surface area (Å²) in [6, 6.07) is 11.2. The van der Waals surface area contributed by atoms with Gasteiger partial charge in [-0.1, -0.05) is 19.1 Å². The van der Waals surface area contributed by atoms with Crippen LogP contribution in [-0.4, -0.2) is 21.7 Å². The molecule has 2 aromatic rings. The molecule has 0 amide bonds. The third-order valence-electron chi connectivity index (χ3n) is 2.66. The quantitative estimate of drug-likeness (QED) is 0.881. The first-order valence-corrected chi connectivity index (χ1v) is 5.84. The van der Waals surface area contributed by atoms with Crippen molar-refractivity contribution >= 4 is 5.97 Å². The predicted octanol–water partition coefficient (Wildman–Crippen LogP) is 2.72. The Balaban J connectivity index is 2.31. The van der Waals surface area contributed by atoms with Crippen LogP contribution in [0.3, 0.4) is 0 Å². The monoisotopic (exact) mass is 245 g/mol. The van der Waals surface area contributed by atoms with Crippen molar-refractivity contribution in [3.8, 4) is 11.4 Å². The Morgan fingerprint density at radius 2 is 1.94 bits per heavy atom. The summed E-state index contributed by atoms with van der Waals surface area (Å²) in [5, 5.41) is 9.02. The lowest BCUT2D eigenvalue weighted by Gasteiger charge is -2.16. The zero-order chi connectivity index (χ0) is 13.0. The molecule has 0 unspecified atom stereocenters. The number of nitrogens with zero attached hydrogens (tertiary/aromatic N) is 1. The third kappa shape index (κ3) is 2.53. The molecule has 0 saturated heterocycles. The van der Waals surface area contributed by atoms with Gasteiger partial charge in [-0.25, -0.2) is 4.79 Å². The minimum Gasteiger partial charge on any atom is -0.479 e. The molecular weight excluding hydrogens is 230 g/mol. The number of ether oxygens (including phenoxy) is 1. The Hall–Kier alpha value is -2.23. The fraction of sp³-hybridized carbons (Fsp3) is 0.214. The van der Waals surface area contributed by atoms with Crippen molar-refractivity contribution in [1.29, 1.82) is 0 Å². The number of benzene rings is 1. The number of hydrogen-bond acceptors (Lipinski definition) is 2. The second-order valence-electron chi connectivity index (χ2n) is 3.91. The average molecular weight is 245 g/mol. The van der Waals surface area contributed by atoms with Crippen LogP contribution in [0.25, 0.3) is 5.69 Å². The highest BCUT2D eigenvalue weighted by Crippen LogP contribution is 2.24. The van der Waals surface area contributed by atoms with E-state index >= 15 is 0 Å². The number of carbonyl (C=O) groups is 1. The molecule has 0 radical (unpaired) electrons. The summed E-state index contributed by atoms with van der Waals surface area (Å²) in [5.41, 5.74) is 0.835. The highest BCUT2D eigenvalue weighted by molar-refractivity contribution is 5.72. The maximum absolute atomic E-state index is 11.0. The van der Waals surface area contributed by atoms with E-state index in [1.54, 1.807) is 13.0 Å². The van der Waals surface area contributed by atoms with Crippen LogP contribution in [0.1, 0.15) is 13.3 Å². The van der Waals surface area contributed by atoms with E-state index in [-0.39, 0.29) is 0 Å². The van der Waals surface area contributed by atoms with Crippen molar-refractivity contribution in [2.24, 2.45) is 0 Å². The second-order valence-corrected chi connectivity index (χ2v) is 3.91. The molecule has 1 aromatic heterocycles. The van der Waals surface area contributed by atoms with Crippen LogP contribution in [0, 0.1) is 0 Å². The van der Waals surface area contributed by atoms with E-state index in [0.29, 0.717) is 12.2 Å². The number of hydrogen-bond donors (Lipinski definition) is 1. The van der Waals surface area contributed by atoms with E-state index in [1.807, 2.05) is 47.3 Å². The number of aromatic nitrogens is 1. The van der Waals surface area contributed by atoms with Gasteiger partial charge in [0.2, 0.25) is 0 Å². The molecule has 1 atom stereocenters. The van der Waals surface area contributed by atoms with Crippen LogP contribution < -0.4 is 4.74 Å². The van der Waals surface area contributed by atoms with Gasteiger partial charge in [0.1, 0.15) is 5.75 Å². The van der Waals surface area contributed by atoms with Crippen molar-refractivity contribution in [3.63, 3.8) is 0 Å². The van der Waals surface area contributed by atoms with Gasteiger partial charge in [0.15, 0.2) is 6.10 Å². The SMILES string of the molecule is CC[C@@H](Oc1ccccc1-n1cccc1)C(=O)O. The molecule has 0 fully saturated rings. The average Bonchev–Trinajstić information content (AvgIpc) is 2.89. The van der Waals surface area contributed by atoms with E-state index < -0.39 is 12.1 Å². The molecular formula is C14H15NO3. The number of rotatable bonds is 5. The smallest absolute Gasteiger partial charge is 0.344 e. The molecule has 4 heteroatoms. The normalized spacial score (nSPS) is 12.1. The van der Waals surface area contributed by atoms with Gasteiger partial charge in [0.05, 0.1) is 5.69 Å². The van der Waals surface area contributed by atoms with Gasteiger partial charge < -0.3 is 14.4 Å². The Bertz CT molecular complexity index is 520. The summed E-state index contributed by atoms with van der Waals surface area (Å²) in [7, 11) is 0. The van der Waals surface area contributed by atoms with Gasteiger partial charge in [-0.15, -0.1) is 0 Å². The standard InChI is InChI=1S/C14H15NO3/c1-2-12(14(16)17)18-13-8-4-3-7-11(13)15-9-5-6-10-15/h3-10,12H,2H2,1H3,(H,16,17)/t12-/m1/s1. The van der Waals surface area contributed by atoms with Gasteiger partial charge in [-0.05, 0) is 30.7 Å². The number of aliphatic carboxylic acids is 1. The summed E-state index contributed by atoms with van der Waals surface area (Å²) in [6.07, 6.45) is 3.39.